The van der Waals surface area contributed by atoms with Crippen LogP contribution in [0.4, 0.5) is 0 Å². The first-order valence-electron chi connectivity index (χ1n) is 29.9. The Labute approximate surface area is 431 Å². The van der Waals surface area contributed by atoms with Gasteiger partial charge in [0.1, 0.15) is 12.7 Å². The number of unbranched alkanes of at least 4 members (excludes halogenated alkanes) is 40. The lowest BCUT2D eigenvalue weighted by Crippen LogP contribution is -2.30. The summed E-state index contributed by atoms with van der Waals surface area (Å²) in [5.74, 6) is -1.43. The van der Waals surface area contributed by atoms with Crippen molar-refractivity contribution in [2.45, 2.75) is 328 Å². The molecule has 0 spiro atoms. The number of phosphoric acid groups is 1. The molecule has 0 heterocycles. The van der Waals surface area contributed by atoms with Crippen LogP contribution in [0.25, 0.3) is 0 Å². The Bertz CT molecular complexity index is 1190. The van der Waals surface area contributed by atoms with E-state index in [9.17, 15) is 28.9 Å². The lowest BCUT2D eigenvalue weighted by Gasteiger charge is -2.21. The van der Waals surface area contributed by atoms with Gasteiger partial charge < -0.3 is 24.2 Å². The number of hydrogen-bond donors (Lipinski definition) is 2. The van der Waals surface area contributed by atoms with Gasteiger partial charge in [0.25, 0.3) is 0 Å². The van der Waals surface area contributed by atoms with Crippen molar-refractivity contribution in [1.82, 2.24) is 0 Å². The zero-order valence-corrected chi connectivity index (χ0v) is 46.9. The Morgan fingerprint density at radius 1 is 0.343 bits per heavy atom. The van der Waals surface area contributed by atoms with E-state index in [-0.39, 0.29) is 25.9 Å². The van der Waals surface area contributed by atoms with E-state index in [2.05, 4.69) is 20.8 Å². The maximum absolute atomic E-state index is 12.9. The molecule has 0 aliphatic carbocycles. The number of carbonyl (C=O) groups excluding carboxylic acids is 3. The number of aliphatic hydroxyl groups excluding tert-OH is 1. The zero-order valence-electron chi connectivity index (χ0n) is 46.0. The van der Waals surface area contributed by atoms with Crippen LogP contribution in [0.3, 0.4) is 0 Å². The van der Waals surface area contributed by atoms with Crippen molar-refractivity contribution in [2.24, 2.45) is 0 Å². The highest BCUT2D eigenvalue weighted by atomic mass is 31.2. The molecule has 416 valence electrons. The van der Waals surface area contributed by atoms with Crippen molar-refractivity contribution in [3.63, 3.8) is 0 Å². The molecule has 0 saturated heterocycles. The normalized spacial score (nSPS) is 13.3. The predicted molar refractivity (Wildman–Crippen MR) is 289 cm³/mol. The van der Waals surface area contributed by atoms with Crippen molar-refractivity contribution >= 4 is 25.7 Å². The molecule has 0 aromatic rings. The van der Waals surface area contributed by atoms with Crippen LogP contribution in [0.5, 0.6) is 0 Å². The average Bonchev–Trinajstić information content (AvgIpc) is 3.35. The van der Waals surface area contributed by atoms with Crippen LogP contribution >= 0.6 is 7.82 Å². The molecule has 12 heteroatoms. The third kappa shape index (κ3) is 51.4. The lowest BCUT2D eigenvalue weighted by atomic mass is 10.0. The first-order chi connectivity index (χ1) is 34.2. The molecule has 0 radical (unpaired) electrons. The molecule has 0 rings (SSSR count). The molecular weight excluding hydrogens is 904 g/mol. The topological polar surface area (TPSA) is 155 Å². The number of carbonyl (C=O) groups is 3. The molecule has 0 saturated carbocycles. The van der Waals surface area contributed by atoms with E-state index in [4.69, 9.17) is 23.3 Å². The van der Waals surface area contributed by atoms with Crippen LogP contribution in [-0.4, -0.2) is 66.5 Å². The second-order valence-corrected chi connectivity index (χ2v) is 22.0. The van der Waals surface area contributed by atoms with Gasteiger partial charge in [-0.15, -0.1) is 0 Å². The van der Waals surface area contributed by atoms with Gasteiger partial charge in [-0.1, -0.05) is 278 Å². The molecular formula is C58H113O11P. The van der Waals surface area contributed by atoms with Crippen LogP contribution in [-0.2, 0) is 42.2 Å². The molecule has 0 amide bonds. The molecule has 2 N–H and O–H groups in total. The van der Waals surface area contributed by atoms with Gasteiger partial charge in [0.2, 0.25) is 0 Å². The molecule has 3 unspecified atom stereocenters. The van der Waals surface area contributed by atoms with Gasteiger partial charge in [-0.2, -0.15) is 0 Å². The van der Waals surface area contributed by atoms with Gasteiger partial charge in [-0.25, -0.2) is 4.57 Å². The highest BCUT2D eigenvalue weighted by molar-refractivity contribution is 7.47. The predicted octanol–water partition coefficient (Wildman–Crippen LogP) is 17.5. The summed E-state index contributed by atoms with van der Waals surface area (Å²) >= 11 is 0. The van der Waals surface area contributed by atoms with Gasteiger partial charge in [0, 0.05) is 19.3 Å². The summed E-state index contributed by atoms with van der Waals surface area (Å²) in [6, 6.07) is 0. The van der Waals surface area contributed by atoms with E-state index in [0.717, 1.165) is 57.8 Å². The van der Waals surface area contributed by atoms with E-state index in [1.54, 1.807) is 0 Å². The minimum atomic E-state index is -4.73. The first-order valence-corrected chi connectivity index (χ1v) is 31.4. The van der Waals surface area contributed by atoms with Crippen LogP contribution in [0.1, 0.15) is 316 Å². The largest absolute Gasteiger partial charge is 0.472 e. The van der Waals surface area contributed by atoms with E-state index in [1.807, 2.05) is 0 Å². The van der Waals surface area contributed by atoms with Crippen molar-refractivity contribution in [1.29, 1.82) is 0 Å². The van der Waals surface area contributed by atoms with Crippen molar-refractivity contribution in [3.8, 4) is 0 Å². The maximum Gasteiger partial charge on any atom is 0.472 e. The first kappa shape index (κ1) is 68.5. The Morgan fingerprint density at radius 2 is 0.571 bits per heavy atom. The van der Waals surface area contributed by atoms with Gasteiger partial charge >= 0.3 is 25.7 Å². The van der Waals surface area contributed by atoms with Crippen LogP contribution in [0.15, 0.2) is 0 Å². The summed E-state index contributed by atoms with van der Waals surface area (Å²) in [5.41, 5.74) is 0. The van der Waals surface area contributed by atoms with Crippen LogP contribution < -0.4 is 0 Å². The van der Waals surface area contributed by atoms with E-state index in [1.165, 1.54) is 199 Å². The van der Waals surface area contributed by atoms with Crippen LogP contribution in [0, 0.1) is 0 Å². The van der Waals surface area contributed by atoms with Crippen molar-refractivity contribution in [3.05, 3.63) is 0 Å². The highest BCUT2D eigenvalue weighted by Crippen LogP contribution is 2.43. The van der Waals surface area contributed by atoms with E-state index < -0.39 is 57.8 Å². The lowest BCUT2D eigenvalue weighted by molar-refractivity contribution is -0.161. The van der Waals surface area contributed by atoms with Gasteiger partial charge in [0.15, 0.2) is 6.10 Å². The van der Waals surface area contributed by atoms with Gasteiger partial charge in [-0.3, -0.25) is 23.4 Å². The molecule has 11 nitrogen and oxygen atoms in total. The number of aliphatic hydroxyl groups is 1. The van der Waals surface area contributed by atoms with Gasteiger partial charge in [-0.05, 0) is 19.3 Å². The minimum absolute atomic E-state index is 0.178. The molecule has 0 fully saturated rings. The van der Waals surface area contributed by atoms with E-state index >= 15 is 0 Å². The summed E-state index contributed by atoms with van der Waals surface area (Å²) in [5, 5.41) is 9.81. The Balaban J connectivity index is 4.63. The quantitative estimate of drug-likeness (QED) is 0.0259. The van der Waals surface area contributed by atoms with Crippen LogP contribution in [0.2, 0.25) is 0 Å². The second kappa shape index (κ2) is 53.8. The molecule has 0 aromatic carbocycles. The maximum atomic E-state index is 12.9. The highest BCUT2D eigenvalue weighted by Gasteiger charge is 2.28. The third-order valence-electron chi connectivity index (χ3n) is 13.5. The molecule has 0 bridgehead atoms. The fourth-order valence-corrected chi connectivity index (χ4v) is 9.73. The average molecular weight is 1020 g/mol. The minimum Gasteiger partial charge on any atom is -0.462 e. The summed E-state index contributed by atoms with van der Waals surface area (Å²) in [6.07, 6.45) is 50.5. The summed E-state index contributed by atoms with van der Waals surface area (Å²) in [7, 11) is -4.73. The Kier molecular flexibility index (Phi) is 52.6. The standard InChI is InChI=1S/C58H113O11P/c1-4-7-10-13-16-19-22-25-26-27-28-31-32-35-38-41-44-47-56(60)65-51-55(69-58(62)49-46-43-40-37-34-30-24-21-18-15-12-9-6-3)53-67-70(63,64)66-52-54(50-59)68-57(61)48-45-42-39-36-33-29-23-20-17-14-11-8-5-2/h54-55,59H,4-53H2,1-3H3,(H,63,64). The summed E-state index contributed by atoms with van der Waals surface area (Å²) in [4.78, 5) is 48.5. The number of esters is 3. The Morgan fingerprint density at radius 3 is 0.843 bits per heavy atom. The number of ether oxygens (including phenoxy) is 3. The molecule has 3 atom stereocenters. The second-order valence-electron chi connectivity index (χ2n) is 20.5. The zero-order chi connectivity index (χ0) is 51.3. The SMILES string of the molecule is CCCCCCCCCCCCCCCCCCCC(=O)OCC(COP(=O)(O)OCC(CO)OC(=O)CCCCCCCCCCCCCCC)OC(=O)CCCCCCCCCCCCCCC. The third-order valence-corrected chi connectivity index (χ3v) is 14.5. The summed E-state index contributed by atoms with van der Waals surface area (Å²) < 4.78 is 39.6. The monoisotopic (exact) mass is 1020 g/mol. The molecule has 0 aliphatic heterocycles. The molecule has 0 aliphatic rings. The molecule has 0 aromatic heterocycles. The fourth-order valence-electron chi connectivity index (χ4n) is 8.95. The van der Waals surface area contributed by atoms with Crippen molar-refractivity contribution in [2.75, 3.05) is 26.4 Å². The molecule has 70 heavy (non-hydrogen) atoms. The fraction of sp³-hybridized carbons (Fsp3) is 0.948. The van der Waals surface area contributed by atoms with Gasteiger partial charge in [0.05, 0.1) is 19.8 Å². The number of hydrogen-bond acceptors (Lipinski definition) is 10. The smallest absolute Gasteiger partial charge is 0.462 e. The number of phosphoric ester groups is 1. The Hall–Kier alpha value is -1.52. The summed E-state index contributed by atoms with van der Waals surface area (Å²) in [6.45, 7) is 4.72. The van der Waals surface area contributed by atoms with E-state index in [0.29, 0.717) is 19.3 Å². The number of rotatable bonds is 57. The van der Waals surface area contributed by atoms with Crippen molar-refractivity contribution < 1.29 is 52.2 Å².